The van der Waals surface area contributed by atoms with Crippen molar-refractivity contribution in [3.05, 3.63) is 64.1 Å². The van der Waals surface area contributed by atoms with Gasteiger partial charge in [0.1, 0.15) is 0 Å². The summed E-state index contributed by atoms with van der Waals surface area (Å²) < 4.78 is 1.56. The molecule has 0 spiro atoms. The summed E-state index contributed by atoms with van der Waals surface area (Å²) in [4.78, 5) is 23.0. The molecule has 1 aliphatic rings. The summed E-state index contributed by atoms with van der Waals surface area (Å²) in [5.74, 6) is 0. The first-order valence-electron chi connectivity index (χ1n) is 7.62. The predicted molar refractivity (Wildman–Crippen MR) is 88.5 cm³/mol. The topological polar surface area (TPSA) is 71.3 Å². The van der Waals surface area contributed by atoms with Crippen LogP contribution in [0.25, 0.3) is 0 Å². The van der Waals surface area contributed by atoms with Gasteiger partial charge in [0.2, 0.25) is 6.41 Å². The number of benzene rings is 1. The van der Waals surface area contributed by atoms with E-state index in [4.69, 9.17) is 0 Å². The standard InChI is InChI=1S/C18H20N2O3/c1-18(2)10-12-6-7-13(19-11-21)9-14(12)16(17(18)23)20-8-4-3-5-15(20)22/h3-9,11,16-17,23H,10H2,1-2H3,(H,19,21). The molecule has 0 radical (unpaired) electrons. The zero-order valence-corrected chi connectivity index (χ0v) is 13.2. The highest BCUT2D eigenvalue weighted by Crippen LogP contribution is 2.43. The van der Waals surface area contributed by atoms with Crippen molar-refractivity contribution in [2.45, 2.75) is 32.4 Å². The van der Waals surface area contributed by atoms with Gasteiger partial charge in [-0.2, -0.15) is 0 Å². The molecule has 2 N–H and O–H groups in total. The second kappa shape index (κ2) is 5.66. The Labute approximate surface area is 134 Å². The Bertz CT molecular complexity index is 795. The van der Waals surface area contributed by atoms with Crippen LogP contribution in [0.3, 0.4) is 0 Å². The highest BCUT2D eigenvalue weighted by Gasteiger charge is 2.42. The fourth-order valence-electron chi connectivity index (χ4n) is 3.35. The van der Waals surface area contributed by atoms with Gasteiger partial charge in [0.25, 0.3) is 5.56 Å². The number of aliphatic hydroxyl groups is 1. The average Bonchev–Trinajstić information content (AvgIpc) is 2.51. The van der Waals surface area contributed by atoms with Gasteiger partial charge in [-0.15, -0.1) is 0 Å². The van der Waals surface area contributed by atoms with E-state index in [0.717, 1.165) is 11.1 Å². The third-order valence-electron chi connectivity index (χ3n) is 4.59. The van der Waals surface area contributed by atoms with Crippen molar-refractivity contribution < 1.29 is 9.90 Å². The van der Waals surface area contributed by atoms with E-state index < -0.39 is 12.1 Å². The van der Waals surface area contributed by atoms with Crippen LogP contribution in [0.5, 0.6) is 0 Å². The predicted octanol–water partition coefficient (Wildman–Crippen LogP) is 1.95. The number of carbonyl (C=O) groups excluding carboxylic acids is 1. The normalized spacial score (nSPS) is 22.2. The van der Waals surface area contributed by atoms with Crippen molar-refractivity contribution in [2.24, 2.45) is 5.41 Å². The maximum Gasteiger partial charge on any atom is 0.251 e. The molecule has 2 atom stereocenters. The van der Waals surface area contributed by atoms with Crippen LogP contribution in [0.1, 0.15) is 31.0 Å². The lowest BCUT2D eigenvalue weighted by molar-refractivity contribution is -0.105. The number of amides is 1. The number of nitrogens with one attached hydrogen (secondary N) is 1. The molecule has 2 aromatic rings. The van der Waals surface area contributed by atoms with Crippen LogP contribution >= 0.6 is 0 Å². The van der Waals surface area contributed by atoms with E-state index in [2.05, 4.69) is 5.32 Å². The van der Waals surface area contributed by atoms with Gasteiger partial charge in [0.15, 0.2) is 0 Å². The maximum absolute atomic E-state index is 12.3. The number of hydrogen-bond donors (Lipinski definition) is 2. The van der Waals surface area contributed by atoms with Crippen molar-refractivity contribution in [3.63, 3.8) is 0 Å². The second-order valence-electron chi connectivity index (χ2n) is 6.68. The smallest absolute Gasteiger partial charge is 0.251 e. The van der Waals surface area contributed by atoms with Crippen molar-refractivity contribution >= 4 is 12.1 Å². The van der Waals surface area contributed by atoms with Crippen LogP contribution in [0.15, 0.2) is 47.4 Å². The summed E-state index contributed by atoms with van der Waals surface area (Å²) in [5.41, 5.74) is 2.09. The van der Waals surface area contributed by atoms with Crippen molar-refractivity contribution in [3.8, 4) is 0 Å². The van der Waals surface area contributed by atoms with E-state index in [-0.39, 0.29) is 11.0 Å². The number of hydrogen-bond acceptors (Lipinski definition) is 3. The fraction of sp³-hybridized carbons (Fsp3) is 0.333. The Kier molecular flexibility index (Phi) is 3.82. The number of aliphatic hydroxyl groups excluding tert-OH is 1. The van der Waals surface area contributed by atoms with Gasteiger partial charge in [-0.25, -0.2) is 0 Å². The third kappa shape index (κ3) is 2.68. The molecule has 1 aliphatic carbocycles. The number of rotatable bonds is 3. The van der Waals surface area contributed by atoms with Crippen LogP contribution in [-0.2, 0) is 11.2 Å². The molecule has 0 aliphatic heterocycles. The van der Waals surface area contributed by atoms with Crippen LogP contribution in [-0.4, -0.2) is 22.2 Å². The summed E-state index contributed by atoms with van der Waals surface area (Å²) in [6, 6.07) is 10.1. The van der Waals surface area contributed by atoms with Gasteiger partial charge in [0.05, 0.1) is 12.1 Å². The zero-order chi connectivity index (χ0) is 16.6. The van der Waals surface area contributed by atoms with E-state index >= 15 is 0 Å². The summed E-state index contributed by atoms with van der Waals surface area (Å²) >= 11 is 0. The quantitative estimate of drug-likeness (QED) is 0.851. The number of aromatic nitrogens is 1. The van der Waals surface area contributed by atoms with E-state index in [0.29, 0.717) is 18.5 Å². The Balaban J connectivity index is 2.21. The van der Waals surface area contributed by atoms with Crippen molar-refractivity contribution in [2.75, 3.05) is 5.32 Å². The Hall–Kier alpha value is -2.40. The first kappa shape index (κ1) is 15.5. The van der Waals surface area contributed by atoms with Gasteiger partial charge in [-0.3, -0.25) is 9.59 Å². The molecule has 120 valence electrons. The number of nitrogens with zero attached hydrogens (tertiary/aromatic N) is 1. The van der Waals surface area contributed by atoms with Gasteiger partial charge >= 0.3 is 0 Å². The van der Waals surface area contributed by atoms with Crippen LogP contribution < -0.4 is 10.9 Å². The summed E-state index contributed by atoms with van der Waals surface area (Å²) in [6.45, 7) is 4.00. The van der Waals surface area contributed by atoms with E-state index in [1.165, 1.54) is 6.07 Å². The van der Waals surface area contributed by atoms with Crippen LogP contribution in [0.2, 0.25) is 0 Å². The van der Waals surface area contributed by atoms with Crippen LogP contribution in [0.4, 0.5) is 5.69 Å². The molecule has 0 fully saturated rings. The van der Waals surface area contributed by atoms with Crippen molar-refractivity contribution in [1.82, 2.24) is 4.57 Å². The molecule has 1 heterocycles. The third-order valence-corrected chi connectivity index (χ3v) is 4.59. The monoisotopic (exact) mass is 312 g/mol. The SMILES string of the molecule is CC1(C)Cc2ccc(NC=O)cc2C(n2ccccc2=O)C1O. The lowest BCUT2D eigenvalue weighted by atomic mass is 9.69. The van der Waals surface area contributed by atoms with Gasteiger partial charge in [0, 0.05) is 18.0 Å². The first-order valence-corrected chi connectivity index (χ1v) is 7.62. The fourth-order valence-corrected chi connectivity index (χ4v) is 3.35. The zero-order valence-electron chi connectivity index (χ0n) is 13.2. The Morgan fingerprint density at radius 2 is 2.09 bits per heavy atom. The minimum atomic E-state index is -0.707. The molecule has 5 heteroatoms. The summed E-state index contributed by atoms with van der Waals surface area (Å²) in [5, 5.41) is 13.5. The van der Waals surface area contributed by atoms with E-state index in [1.807, 2.05) is 32.0 Å². The molecule has 1 amide bonds. The van der Waals surface area contributed by atoms with Crippen LogP contribution in [0, 0.1) is 5.41 Å². The molecule has 23 heavy (non-hydrogen) atoms. The number of pyridine rings is 1. The van der Waals surface area contributed by atoms with Gasteiger partial charge in [-0.1, -0.05) is 26.0 Å². The number of anilines is 1. The van der Waals surface area contributed by atoms with Gasteiger partial charge in [-0.05, 0) is 41.2 Å². The lowest BCUT2D eigenvalue weighted by Gasteiger charge is -2.42. The summed E-state index contributed by atoms with van der Waals surface area (Å²) in [7, 11) is 0. The average molecular weight is 312 g/mol. The van der Waals surface area contributed by atoms with E-state index in [9.17, 15) is 14.7 Å². The molecule has 3 rings (SSSR count). The molecule has 5 nitrogen and oxygen atoms in total. The second-order valence-corrected chi connectivity index (χ2v) is 6.68. The lowest BCUT2D eigenvalue weighted by Crippen LogP contribution is -2.46. The molecule has 1 aromatic heterocycles. The molecule has 0 saturated carbocycles. The van der Waals surface area contributed by atoms with Gasteiger partial charge < -0.3 is 15.0 Å². The Morgan fingerprint density at radius 1 is 1.30 bits per heavy atom. The highest BCUT2D eigenvalue weighted by molar-refractivity contribution is 5.72. The highest BCUT2D eigenvalue weighted by atomic mass is 16.3. The summed E-state index contributed by atoms with van der Waals surface area (Å²) in [6.07, 6.45) is 2.32. The minimum absolute atomic E-state index is 0.158. The molecule has 1 aromatic carbocycles. The number of carbonyl (C=O) groups is 1. The number of fused-ring (bicyclic) bond motifs is 1. The largest absolute Gasteiger partial charge is 0.390 e. The van der Waals surface area contributed by atoms with E-state index in [1.54, 1.807) is 22.9 Å². The molecule has 0 bridgehead atoms. The molecular weight excluding hydrogens is 292 g/mol. The molecular formula is C18H20N2O3. The molecule has 0 saturated heterocycles. The van der Waals surface area contributed by atoms with Crippen molar-refractivity contribution in [1.29, 1.82) is 0 Å². The first-order chi connectivity index (χ1) is 10.9. The minimum Gasteiger partial charge on any atom is -0.390 e. The maximum atomic E-state index is 12.3. The molecule has 2 unspecified atom stereocenters. The Morgan fingerprint density at radius 3 is 2.78 bits per heavy atom.